The molecule has 0 radical (unpaired) electrons. The second kappa shape index (κ2) is 7.62. The predicted octanol–water partition coefficient (Wildman–Crippen LogP) is 3.18. The molecule has 3 aromatic rings. The summed E-state index contributed by atoms with van der Waals surface area (Å²) in [7, 11) is 1.76. The van der Waals surface area contributed by atoms with E-state index in [2.05, 4.69) is 37.9 Å². The Hall–Kier alpha value is -2.51. The number of hydrogen-bond donors (Lipinski definition) is 0. The maximum atomic E-state index is 12.5. The molecular weight excluding hydrogens is 408 g/mol. The highest BCUT2D eigenvalue weighted by molar-refractivity contribution is 9.10. The average molecular weight is 427 g/mol. The van der Waals surface area contributed by atoms with E-state index in [-0.39, 0.29) is 11.7 Å². The normalized spacial score (nSPS) is 17.1. The summed E-state index contributed by atoms with van der Waals surface area (Å²) in [6.45, 7) is 1.91. The Balaban J connectivity index is 1.67. The highest BCUT2D eigenvalue weighted by atomic mass is 79.9. The lowest BCUT2D eigenvalue weighted by Crippen LogP contribution is -2.41. The van der Waals surface area contributed by atoms with Gasteiger partial charge in [0.05, 0.1) is 18.8 Å². The van der Waals surface area contributed by atoms with Crippen LogP contribution in [0.25, 0.3) is 11.3 Å². The van der Waals surface area contributed by atoms with Gasteiger partial charge in [0.25, 0.3) is 5.56 Å². The fraction of sp³-hybridized carbons (Fsp3) is 0.250. The predicted molar refractivity (Wildman–Crippen MR) is 108 cm³/mol. The molecule has 1 aromatic carbocycles. The first-order valence-corrected chi connectivity index (χ1v) is 9.51. The van der Waals surface area contributed by atoms with Crippen LogP contribution in [0, 0.1) is 0 Å². The molecule has 1 aliphatic heterocycles. The molecule has 27 heavy (non-hydrogen) atoms. The summed E-state index contributed by atoms with van der Waals surface area (Å²) in [5.74, 6) is 0.653. The van der Waals surface area contributed by atoms with Crippen molar-refractivity contribution in [3.05, 3.63) is 75.2 Å². The Morgan fingerprint density at radius 2 is 1.89 bits per heavy atom. The topological polar surface area (TPSA) is 60.2 Å². The van der Waals surface area contributed by atoms with Crippen LogP contribution in [0.4, 0.5) is 5.95 Å². The third-order valence-corrected chi connectivity index (χ3v) is 5.21. The minimum Gasteiger partial charge on any atom is -0.370 e. The van der Waals surface area contributed by atoms with Gasteiger partial charge in [-0.15, -0.1) is 0 Å². The van der Waals surface area contributed by atoms with Crippen molar-refractivity contribution in [1.29, 1.82) is 0 Å². The molecule has 2 aromatic heterocycles. The summed E-state index contributed by atoms with van der Waals surface area (Å²) in [6, 6.07) is 13.4. The van der Waals surface area contributed by atoms with E-state index in [9.17, 15) is 4.79 Å². The SMILES string of the molecule is Cn1c(N2CCO[C@@H](c3ccc(Br)cc3)C2)nc(-c2ccncc2)cc1=O. The number of hydrogen-bond acceptors (Lipinski definition) is 5. The molecule has 3 heterocycles. The summed E-state index contributed by atoms with van der Waals surface area (Å²) in [6.07, 6.45) is 3.34. The number of benzene rings is 1. The van der Waals surface area contributed by atoms with E-state index in [0.717, 1.165) is 15.6 Å². The lowest BCUT2D eigenvalue weighted by Gasteiger charge is -2.34. The third-order valence-electron chi connectivity index (χ3n) is 4.68. The quantitative estimate of drug-likeness (QED) is 0.643. The van der Waals surface area contributed by atoms with Crippen LogP contribution in [0.15, 0.2) is 64.1 Å². The molecule has 4 rings (SSSR count). The molecule has 1 atom stereocenters. The van der Waals surface area contributed by atoms with Gasteiger partial charge in [0.1, 0.15) is 6.10 Å². The van der Waals surface area contributed by atoms with Gasteiger partial charge in [-0.1, -0.05) is 28.1 Å². The molecular formula is C20H19BrN4O2. The van der Waals surface area contributed by atoms with Crippen molar-refractivity contribution in [2.75, 3.05) is 24.6 Å². The first-order valence-electron chi connectivity index (χ1n) is 8.72. The van der Waals surface area contributed by atoms with Gasteiger partial charge in [0.2, 0.25) is 5.95 Å². The maximum Gasteiger partial charge on any atom is 0.255 e. The molecule has 0 saturated carbocycles. The van der Waals surface area contributed by atoms with Crippen LogP contribution < -0.4 is 10.5 Å². The number of ether oxygens (including phenoxy) is 1. The van der Waals surface area contributed by atoms with Crippen molar-refractivity contribution < 1.29 is 4.74 Å². The van der Waals surface area contributed by atoms with Crippen molar-refractivity contribution in [3.63, 3.8) is 0 Å². The Morgan fingerprint density at radius 3 is 2.63 bits per heavy atom. The smallest absolute Gasteiger partial charge is 0.255 e. The Bertz CT molecular complexity index is 989. The maximum absolute atomic E-state index is 12.5. The van der Waals surface area contributed by atoms with Crippen LogP contribution in [0.5, 0.6) is 0 Å². The van der Waals surface area contributed by atoms with Crippen molar-refractivity contribution in [3.8, 4) is 11.3 Å². The second-order valence-corrected chi connectivity index (χ2v) is 7.35. The molecule has 0 aliphatic carbocycles. The van der Waals surface area contributed by atoms with E-state index in [1.165, 1.54) is 0 Å². The number of rotatable bonds is 3. The largest absolute Gasteiger partial charge is 0.370 e. The zero-order chi connectivity index (χ0) is 18.8. The van der Waals surface area contributed by atoms with E-state index in [1.807, 2.05) is 24.3 Å². The number of aromatic nitrogens is 3. The molecule has 0 N–H and O–H groups in total. The highest BCUT2D eigenvalue weighted by Crippen LogP contribution is 2.26. The lowest BCUT2D eigenvalue weighted by molar-refractivity contribution is 0.0389. The summed E-state index contributed by atoms with van der Waals surface area (Å²) >= 11 is 3.46. The Kier molecular flexibility index (Phi) is 5.05. The van der Waals surface area contributed by atoms with Gasteiger partial charge in [-0.25, -0.2) is 4.98 Å². The average Bonchev–Trinajstić information content (AvgIpc) is 2.71. The zero-order valence-corrected chi connectivity index (χ0v) is 16.5. The third kappa shape index (κ3) is 3.79. The first kappa shape index (κ1) is 17.9. The fourth-order valence-corrected chi connectivity index (χ4v) is 3.46. The van der Waals surface area contributed by atoms with Crippen LogP contribution >= 0.6 is 15.9 Å². The van der Waals surface area contributed by atoms with E-state index in [1.54, 1.807) is 30.1 Å². The molecule has 7 heteroatoms. The van der Waals surface area contributed by atoms with E-state index < -0.39 is 0 Å². The molecule has 1 saturated heterocycles. The van der Waals surface area contributed by atoms with Gasteiger partial charge in [0, 0.05) is 42.1 Å². The van der Waals surface area contributed by atoms with Gasteiger partial charge in [0.15, 0.2) is 0 Å². The van der Waals surface area contributed by atoms with Crippen LogP contribution in [-0.2, 0) is 11.8 Å². The molecule has 0 amide bonds. The number of halogens is 1. The Labute approximate surface area is 165 Å². The first-order chi connectivity index (χ1) is 13.1. The summed E-state index contributed by atoms with van der Waals surface area (Å²) < 4.78 is 8.59. The standard InChI is InChI=1S/C20H19BrN4O2/c1-24-19(26)12-17(14-6-8-22-9-7-14)23-20(24)25-10-11-27-18(13-25)15-2-4-16(21)5-3-15/h2-9,12,18H,10-11,13H2,1H3/t18-/m1/s1. The van der Waals surface area contributed by atoms with Crippen LogP contribution in [-0.4, -0.2) is 34.2 Å². The monoisotopic (exact) mass is 426 g/mol. The zero-order valence-electron chi connectivity index (χ0n) is 14.9. The Morgan fingerprint density at radius 1 is 1.15 bits per heavy atom. The van der Waals surface area contributed by atoms with Gasteiger partial charge in [-0.2, -0.15) is 0 Å². The van der Waals surface area contributed by atoms with Crippen molar-refractivity contribution in [1.82, 2.24) is 14.5 Å². The number of morpholine rings is 1. The minimum absolute atomic E-state index is 0.0617. The van der Waals surface area contributed by atoms with Crippen LogP contribution in [0.3, 0.4) is 0 Å². The summed E-state index contributed by atoms with van der Waals surface area (Å²) in [4.78, 5) is 23.4. The minimum atomic E-state index is -0.0847. The van der Waals surface area contributed by atoms with Crippen molar-refractivity contribution in [2.24, 2.45) is 7.05 Å². The lowest BCUT2D eigenvalue weighted by atomic mass is 10.1. The van der Waals surface area contributed by atoms with Gasteiger partial charge < -0.3 is 9.64 Å². The molecule has 0 spiro atoms. The number of pyridine rings is 1. The van der Waals surface area contributed by atoms with E-state index in [4.69, 9.17) is 9.72 Å². The molecule has 138 valence electrons. The van der Waals surface area contributed by atoms with Crippen molar-refractivity contribution in [2.45, 2.75) is 6.10 Å². The molecule has 0 bridgehead atoms. The molecule has 1 aliphatic rings. The second-order valence-electron chi connectivity index (χ2n) is 6.43. The molecule has 6 nitrogen and oxygen atoms in total. The fourth-order valence-electron chi connectivity index (χ4n) is 3.19. The molecule has 1 fully saturated rings. The highest BCUT2D eigenvalue weighted by Gasteiger charge is 2.25. The van der Waals surface area contributed by atoms with E-state index in [0.29, 0.717) is 31.3 Å². The van der Waals surface area contributed by atoms with E-state index >= 15 is 0 Å². The van der Waals surface area contributed by atoms with Gasteiger partial charge in [-0.3, -0.25) is 14.3 Å². The van der Waals surface area contributed by atoms with Gasteiger partial charge in [-0.05, 0) is 29.8 Å². The molecule has 0 unspecified atom stereocenters. The van der Waals surface area contributed by atoms with Crippen molar-refractivity contribution >= 4 is 21.9 Å². The van der Waals surface area contributed by atoms with Crippen LogP contribution in [0.1, 0.15) is 11.7 Å². The summed E-state index contributed by atoms with van der Waals surface area (Å²) in [5.41, 5.74) is 2.56. The number of anilines is 1. The number of nitrogens with zero attached hydrogens (tertiary/aromatic N) is 4. The van der Waals surface area contributed by atoms with Gasteiger partial charge >= 0.3 is 0 Å². The summed E-state index contributed by atoms with van der Waals surface area (Å²) in [5, 5.41) is 0. The van der Waals surface area contributed by atoms with Crippen LogP contribution in [0.2, 0.25) is 0 Å².